The van der Waals surface area contributed by atoms with Crippen molar-refractivity contribution in [1.29, 1.82) is 0 Å². The van der Waals surface area contributed by atoms with Gasteiger partial charge in [0, 0.05) is 17.3 Å². The van der Waals surface area contributed by atoms with Gasteiger partial charge in [0.15, 0.2) is 0 Å². The maximum Gasteiger partial charge on any atom is 0.0886 e. The minimum atomic E-state index is 1.09. The molecule has 3 aromatic rings. The molecule has 17 heavy (non-hydrogen) atoms. The van der Waals surface area contributed by atoms with E-state index < -0.39 is 0 Å². The molecule has 0 atom stereocenters. The average Bonchev–Trinajstić information content (AvgIpc) is 2.94. The van der Waals surface area contributed by atoms with Crippen LogP contribution in [0.1, 0.15) is 5.56 Å². The van der Waals surface area contributed by atoms with E-state index in [9.17, 15) is 0 Å². The molecule has 3 nitrogen and oxygen atoms in total. The van der Waals surface area contributed by atoms with E-state index in [4.69, 9.17) is 0 Å². The topological polar surface area (TPSA) is 40.7 Å². The number of benzene rings is 1. The van der Waals surface area contributed by atoms with E-state index in [1.807, 2.05) is 13.2 Å². The highest BCUT2D eigenvalue weighted by atomic mass is 32.1. The van der Waals surface area contributed by atoms with Crippen LogP contribution in [-0.2, 0) is 0 Å². The van der Waals surface area contributed by atoms with E-state index in [1.54, 1.807) is 11.3 Å². The van der Waals surface area contributed by atoms with Crippen molar-refractivity contribution in [2.45, 2.75) is 6.92 Å². The molecule has 0 amide bonds. The molecule has 0 aliphatic heterocycles. The average molecular weight is 243 g/mol. The predicted molar refractivity (Wildman–Crippen MR) is 73.7 cm³/mol. The van der Waals surface area contributed by atoms with Gasteiger partial charge in [-0.15, -0.1) is 11.3 Å². The molecule has 0 unspecified atom stereocenters. The summed E-state index contributed by atoms with van der Waals surface area (Å²) in [6.45, 7) is 2.14. The van der Waals surface area contributed by atoms with Gasteiger partial charge in [0.05, 0.1) is 16.7 Å². The second-order valence-corrected chi connectivity index (χ2v) is 5.12. The lowest BCUT2D eigenvalue weighted by molar-refractivity contribution is 1.12. The lowest BCUT2D eigenvalue weighted by atomic mass is 10.1. The molecule has 0 saturated carbocycles. The fourth-order valence-corrected chi connectivity index (χ4v) is 2.93. The molecule has 86 valence electrons. The Bertz CT molecular complexity index is 666. The summed E-state index contributed by atoms with van der Waals surface area (Å²) >= 11 is 1.77. The Morgan fingerprint density at radius 1 is 1.29 bits per heavy atom. The summed E-state index contributed by atoms with van der Waals surface area (Å²) in [6.07, 6.45) is 1.86. The molecule has 0 aliphatic carbocycles. The van der Waals surface area contributed by atoms with Gasteiger partial charge in [-0.1, -0.05) is 0 Å². The van der Waals surface area contributed by atoms with Gasteiger partial charge < -0.3 is 5.32 Å². The minimum Gasteiger partial charge on any atom is -0.380 e. The fraction of sp³-hybridized carbons (Fsp3) is 0.154. The van der Waals surface area contributed by atoms with Crippen molar-refractivity contribution in [2.75, 3.05) is 12.4 Å². The van der Waals surface area contributed by atoms with Crippen LogP contribution in [0.25, 0.3) is 21.3 Å². The summed E-state index contributed by atoms with van der Waals surface area (Å²) < 4.78 is 0. The second-order valence-electron chi connectivity index (χ2n) is 4.04. The van der Waals surface area contributed by atoms with E-state index in [2.05, 4.69) is 46.7 Å². The van der Waals surface area contributed by atoms with Gasteiger partial charge in [0.2, 0.25) is 0 Å². The van der Waals surface area contributed by atoms with Crippen LogP contribution in [-0.4, -0.2) is 17.2 Å². The number of hydrogen-bond acceptors (Lipinski definition) is 3. The number of H-pyrrole nitrogens is 1. The summed E-state index contributed by atoms with van der Waals surface area (Å²) in [7, 11) is 1.94. The first kappa shape index (κ1) is 10.4. The van der Waals surface area contributed by atoms with Gasteiger partial charge >= 0.3 is 0 Å². The molecule has 2 N–H and O–H groups in total. The highest BCUT2D eigenvalue weighted by molar-refractivity contribution is 7.19. The minimum absolute atomic E-state index is 1.09. The number of aromatic amines is 1. The van der Waals surface area contributed by atoms with Crippen LogP contribution < -0.4 is 5.32 Å². The summed E-state index contributed by atoms with van der Waals surface area (Å²) in [5, 5.41) is 12.6. The van der Waals surface area contributed by atoms with Crippen molar-refractivity contribution >= 4 is 27.2 Å². The van der Waals surface area contributed by atoms with Crippen molar-refractivity contribution in [2.24, 2.45) is 0 Å². The summed E-state index contributed by atoms with van der Waals surface area (Å²) in [5.74, 6) is 0. The Labute approximate surface area is 103 Å². The van der Waals surface area contributed by atoms with Gasteiger partial charge in [-0.3, -0.25) is 5.10 Å². The molecule has 0 aliphatic rings. The number of aromatic nitrogens is 2. The van der Waals surface area contributed by atoms with Crippen molar-refractivity contribution in [3.63, 3.8) is 0 Å². The highest BCUT2D eigenvalue weighted by Gasteiger charge is 2.07. The lowest BCUT2D eigenvalue weighted by Crippen LogP contribution is -1.81. The molecule has 1 aromatic carbocycles. The van der Waals surface area contributed by atoms with E-state index >= 15 is 0 Å². The third-order valence-corrected chi connectivity index (χ3v) is 4.04. The molecule has 0 fully saturated rings. The highest BCUT2D eigenvalue weighted by Crippen LogP contribution is 2.34. The molecule has 3 rings (SSSR count). The van der Waals surface area contributed by atoms with E-state index in [1.165, 1.54) is 21.0 Å². The van der Waals surface area contributed by atoms with Crippen LogP contribution in [0.5, 0.6) is 0 Å². The Balaban J connectivity index is 2.18. The molecular weight excluding hydrogens is 230 g/mol. The van der Waals surface area contributed by atoms with E-state index in [0.717, 1.165) is 10.9 Å². The van der Waals surface area contributed by atoms with Gasteiger partial charge in [-0.2, -0.15) is 5.10 Å². The number of anilines is 1. The molecule has 2 aromatic heterocycles. The quantitative estimate of drug-likeness (QED) is 0.721. The number of rotatable bonds is 2. The van der Waals surface area contributed by atoms with Gasteiger partial charge in [-0.05, 0) is 42.3 Å². The Morgan fingerprint density at radius 3 is 2.94 bits per heavy atom. The van der Waals surface area contributed by atoms with E-state index in [-0.39, 0.29) is 0 Å². The maximum absolute atomic E-state index is 4.06. The van der Waals surface area contributed by atoms with Gasteiger partial charge in [0.25, 0.3) is 0 Å². The first-order valence-corrected chi connectivity index (χ1v) is 6.31. The lowest BCUT2D eigenvalue weighted by Gasteiger charge is -2.03. The number of fused-ring (bicyclic) bond motifs is 1. The SMILES string of the molecule is CNc1ccc(-c2cc3[nH]ncc3cc2C)s1. The third-order valence-electron chi connectivity index (χ3n) is 2.90. The molecule has 0 saturated heterocycles. The van der Waals surface area contributed by atoms with Crippen molar-refractivity contribution in [3.05, 3.63) is 36.0 Å². The van der Waals surface area contributed by atoms with Gasteiger partial charge in [0.1, 0.15) is 0 Å². The van der Waals surface area contributed by atoms with Crippen LogP contribution in [0.3, 0.4) is 0 Å². The monoisotopic (exact) mass is 243 g/mol. The van der Waals surface area contributed by atoms with Crippen molar-refractivity contribution in [3.8, 4) is 10.4 Å². The molecule has 0 bridgehead atoms. The molecule has 4 heteroatoms. The first-order valence-electron chi connectivity index (χ1n) is 5.49. The molecule has 0 radical (unpaired) electrons. The number of nitrogens with one attached hydrogen (secondary N) is 2. The van der Waals surface area contributed by atoms with Crippen LogP contribution >= 0.6 is 11.3 Å². The number of hydrogen-bond donors (Lipinski definition) is 2. The predicted octanol–water partition coefficient (Wildman–Crippen LogP) is 3.64. The number of thiophene rings is 1. The van der Waals surface area contributed by atoms with Crippen LogP contribution in [0.15, 0.2) is 30.5 Å². The standard InChI is InChI=1S/C13H13N3S/c1-8-5-9-7-15-16-11(9)6-10(8)12-3-4-13(14-2)17-12/h3-7,14H,1-2H3,(H,15,16). The molecule has 0 spiro atoms. The summed E-state index contributed by atoms with van der Waals surface area (Å²) in [6, 6.07) is 8.60. The van der Waals surface area contributed by atoms with Crippen molar-refractivity contribution in [1.82, 2.24) is 10.2 Å². The second kappa shape index (κ2) is 3.89. The van der Waals surface area contributed by atoms with E-state index in [0.29, 0.717) is 0 Å². The zero-order valence-electron chi connectivity index (χ0n) is 9.74. The smallest absolute Gasteiger partial charge is 0.0886 e. The summed E-state index contributed by atoms with van der Waals surface area (Å²) in [5.41, 5.74) is 3.64. The van der Waals surface area contributed by atoms with Gasteiger partial charge in [-0.25, -0.2) is 0 Å². The molecule has 2 heterocycles. The largest absolute Gasteiger partial charge is 0.380 e. The fourth-order valence-electron chi connectivity index (χ4n) is 1.99. The third kappa shape index (κ3) is 1.70. The normalized spacial score (nSPS) is 10.9. The maximum atomic E-state index is 4.06. The Hall–Kier alpha value is -1.81. The Kier molecular flexibility index (Phi) is 2.37. The first-order chi connectivity index (χ1) is 8.28. The van der Waals surface area contributed by atoms with Crippen LogP contribution in [0.2, 0.25) is 0 Å². The van der Waals surface area contributed by atoms with Crippen LogP contribution in [0, 0.1) is 6.92 Å². The van der Waals surface area contributed by atoms with Crippen molar-refractivity contribution < 1.29 is 0 Å². The van der Waals surface area contributed by atoms with Crippen LogP contribution in [0.4, 0.5) is 5.00 Å². The number of nitrogens with zero attached hydrogens (tertiary/aromatic N) is 1. The molecular formula is C13H13N3S. The number of aryl methyl sites for hydroxylation is 1. The summed E-state index contributed by atoms with van der Waals surface area (Å²) in [4.78, 5) is 1.28. The zero-order chi connectivity index (χ0) is 11.8. The zero-order valence-corrected chi connectivity index (χ0v) is 10.6. The Morgan fingerprint density at radius 2 is 2.18 bits per heavy atom.